The molecule has 0 saturated carbocycles. The summed E-state index contributed by atoms with van der Waals surface area (Å²) >= 11 is 0. The van der Waals surface area contributed by atoms with Crippen molar-refractivity contribution in [1.82, 2.24) is 24.0 Å². The molecule has 2 fully saturated rings. The van der Waals surface area contributed by atoms with E-state index in [4.69, 9.17) is 13.9 Å². The Kier molecular flexibility index (Phi) is 5.21. The van der Waals surface area contributed by atoms with E-state index in [1.54, 1.807) is 37.4 Å². The van der Waals surface area contributed by atoms with Gasteiger partial charge in [0, 0.05) is 20.1 Å². The number of sulfonamides is 1. The molecule has 1 amide bonds. The number of carbonyl (C=O) groups is 1. The van der Waals surface area contributed by atoms with Crippen LogP contribution in [-0.4, -0.2) is 83.5 Å². The number of hydrogen-bond acceptors (Lipinski definition) is 8. The fourth-order valence-corrected chi connectivity index (χ4v) is 5.81. The molecule has 11 nitrogen and oxygen atoms in total. The Balaban J connectivity index is 1.58. The fourth-order valence-electron chi connectivity index (χ4n) is 3.95. The van der Waals surface area contributed by atoms with Crippen molar-refractivity contribution >= 4 is 15.9 Å². The Labute approximate surface area is 174 Å². The lowest BCUT2D eigenvalue weighted by atomic mass is 10.1. The molecule has 4 heterocycles. The Morgan fingerprint density at radius 2 is 1.80 bits per heavy atom. The van der Waals surface area contributed by atoms with Gasteiger partial charge in [0.25, 0.3) is 5.91 Å². The minimum absolute atomic E-state index is 0.0255. The van der Waals surface area contributed by atoms with Gasteiger partial charge in [-0.15, -0.1) is 0 Å². The van der Waals surface area contributed by atoms with Gasteiger partial charge in [-0.1, -0.05) is 0 Å². The first kappa shape index (κ1) is 21.0. The van der Waals surface area contributed by atoms with Crippen molar-refractivity contribution in [3.8, 4) is 0 Å². The van der Waals surface area contributed by atoms with Crippen LogP contribution >= 0.6 is 0 Å². The van der Waals surface area contributed by atoms with Crippen LogP contribution in [0.15, 0.2) is 15.7 Å². The van der Waals surface area contributed by atoms with E-state index in [9.17, 15) is 13.2 Å². The minimum atomic E-state index is -3.81. The molecular formula is C18H25N5O6S. The summed E-state index contributed by atoms with van der Waals surface area (Å²) in [4.78, 5) is 18.5. The largest absolute Gasteiger partial charge is 0.438 e. The Hall–Kier alpha value is -2.28. The zero-order valence-electron chi connectivity index (χ0n) is 17.4. The normalized spacial score (nSPS) is 23.3. The Morgan fingerprint density at radius 3 is 2.40 bits per heavy atom. The second-order valence-electron chi connectivity index (χ2n) is 7.56. The number of morpholine rings is 2. The van der Waals surface area contributed by atoms with Crippen LogP contribution in [0, 0.1) is 20.8 Å². The maximum absolute atomic E-state index is 13.4. The van der Waals surface area contributed by atoms with E-state index < -0.39 is 15.8 Å². The molecule has 2 saturated heterocycles. The smallest absolute Gasteiger partial charge is 0.291 e. The number of aromatic nitrogens is 3. The van der Waals surface area contributed by atoms with Crippen LogP contribution in [0.4, 0.5) is 0 Å². The Morgan fingerprint density at radius 1 is 1.10 bits per heavy atom. The fraction of sp³-hybridized carbons (Fsp3) is 0.611. The maximum Gasteiger partial charge on any atom is 0.291 e. The molecule has 2 aromatic rings. The zero-order valence-corrected chi connectivity index (χ0v) is 18.2. The van der Waals surface area contributed by atoms with Gasteiger partial charge in [0.05, 0.1) is 43.4 Å². The summed E-state index contributed by atoms with van der Waals surface area (Å²) in [5.41, 5.74) is 1.50. The van der Waals surface area contributed by atoms with Gasteiger partial charge in [-0.05, 0) is 20.8 Å². The average molecular weight is 439 g/mol. The van der Waals surface area contributed by atoms with Crippen LogP contribution in [0.1, 0.15) is 27.6 Å². The van der Waals surface area contributed by atoms with Gasteiger partial charge in [-0.25, -0.2) is 13.4 Å². The highest BCUT2D eigenvalue weighted by Crippen LogP contribution is 2.31. The third-order valence-electron chi connectivity index (χ3n) is 5.55. The molecule has 2 aromatic heterocycles. The molecule has 1 unspecified atom stereocenters. The van der Waals surface area contributed by atoms with Crippen molar-refractivity contribution in [3.05, 3.63) is 29.2 Å². The number of amides is 1. The number of oxazole rings is 1. The lowest BCUT2D eigenvalue weighted by molar-refractivity contribution is -0.279. The maximum atomic E-state index is 13.4. The molecule has 30 heavy (non-hydrogen) atoms. The van der Waals surface area contributed by atoms with Crippen molar-refractivity contribution in [2.24, 2.45) is 7.05 Å². The van der Waals surface area contributed by atoms with Crippen LogP contribution in [0.5, 0.6) is 0 Å². The lowest BCUT2D eigenvalue weighted by Crippen LogP contribution is -2.63. The molecule has 2 aliphatic rings. The molecule has 12 heteroatoms. The van der Waals surface area contributed by atoms with E-state index in [1.807, 2.05) is 0 Å². The number of ether oxygens (including phenoxy) is 2. The van der Waals surface area contributed by atoms with Crippen LogP contribution in [0.25, 0.3) is 0 Å². The van der Waals surface area contributed by atoms with Crippen LogP contribution in [0.2, 0.25) is 0 Å². The van der Waals surface area contributed by atoms with Gasteiger partial charge in [0.1, 0.15) is 4.90 Å². The first-order valence-corrected chi connectivity index (χ1v) is 11.1. The quantitative estimate of drug-likeness (QED) is 0.666. The molecule has 2 aliphatic heterocycles. The van der Waals surface area contributed by atoms with Gasteiger partial charge in [0.15, 0.2) is 12.2 Å². The Bertz CT molecular complexity index is 1070. The molecular weight excluding hydrogens is 414 g/mol. The van der Waals surface area contributed by atoms with Gasteiger partial charge < -0.3 is 18.8 Å². The molecule has 0 bridgehead atoms. The highest BCUT2D eigenvalue weighted by Gasteiger charge is 2.47. The van der Waals surface area contributed by atoms with Gasteiger partial charge in [-0.2, -0.15) is 9.40 Å². The topological polar surface area (TPSA) is 120 Å². The van der Waals surface area contributed by atoms with Gasteiger partial charge in [0.2, 0.25) is 15.8 Å². The van der Waals surface area contributed by atoms with Gasteiger partial charge in [-0.3, -0.25) is 9.48 Å². The lowest BCUT2D eigenvalue weighted by Gasteiger charge is -2.46. The first-order valence-electron chi connectivity index (χ1n) is 9.62. The third kappa shape index (κ3) is 3.43. The molecule has 164 valence electrons. The van der Waals surface area contributed by atoms with E-state index in [0.717, 1.165) is 0 Å². The van der Waals surface area contributed by atoms with Crippen molar-refractivity contribution in [2.75, 3.05) is 39.4 Å². The van der Waals surface area contributed by atoms with Gasteiger partial charge >= 0.3 is 0 Å². The number of carbonyl (C=O) groups excluding carboxylic acids is 1. The standard InChI is InChI=1S/C18H25N5O6S/c1-12-15(27-11-19-12)17(24)22-5-7-28-18(9-22)10-23(6-8-29-18)30(25,26)16-13(2)20-21(4)14(16)3/h11H,5-10H2,1-4H3. The molecule has 1 spiro atoms. The first-order chi connectivity index (χ1) is 14.1. The van der Waals surface area contributed by atoms with E-state index in [2.05, 4.69) is 10.1 Å². The van der Waals surface area contributed by atoms with Crippen molar-refractivity contribution in [3.63, 3.8) is 0 Å². The second-order valence-corrected chi connectivity index (χ2v) is 9.44. The molecule has 0 aromatic carbocycles. The summed E-state index contributed by atoms with van der Waals surface area (Å²) in [5, 5.41) is 4.23. The van der Waals surface area contributed by atoms with Crippen LogP contribution in [0.3, 0.4) is 0 Å². The number of aryl methyl sites for hydroxylation is 3. The SMILES string of the molecule is Cc1ncoc1C(=O)N1CCOC2(C1)CN(S(=O)(=O)c1c(C)nn(C)c1C)CCO2. The van der Waals surface area contributed by atoms with Crippen molar-refractivity contribution < 1.29 is 27.1 Å². The third-order valence-corrected chi connectivity index (χ3v) is 7.65. The summed E-state index contributed by atoms with van der Waals surface area (Å²) in [6.07, 6.45) is 1.22. The predicted octanol–water partition coefficient (Wildman–Crippen LogP) is 0.223. The zero-order chi connectivity index (χ0) is 21.7. The summed E-state index contributed by atoms with van der Waals surface area (Å²) < 4.78 is 46.6. The van der Waals surface area contributed by atoms with E-state index in [-0.39, 0.29) is 49.4 Å². The number of rotatable bonds is 3. The summed E-state index contributed by atoms with van der Waals surface area (Å²) in [5.74, 6) is -1.40. The second kappa shape index (κ2) is 7.45. The molecule has 1 atom stereocenters. The molecule has 0 radical (unpaired) electrons. The van der Waals surface area contributed by atoms with Crippen LogP contribution in [-0.2, 0) is 26.5 Å². The molecule has 4 rings (SSSR count). The van der Waals surface area contributed by atoms with Crippen molar-refractivity contribution in [2.45, 2.75) is 31.5 Å². The highest BCUT2D eigenvalue weighted by molar-refractivity contribution is 7.89. The minimum Gasteiger partial charge on any atom is -0.438 e. The summed E-state index contributed by atoms with van der Waals surface area (Å²) in [6, 6.07) is 0. The predicted molar refractivity (Wildman–Crippen MR) is 103 cm³/mol. The van der Waals surface area contributed by atoms with E-state index in [1.165, 1.54) is 10.7 Å². The summed E-state index contributed by atoms with van der Waals surface area (Å²) in [6.45, 7) is 6.06. The van der Waals surface area contributed by atoms with Crippen molar-refractivity contribution in [1.29, 1.82) is 0 Å². The molecule has 0 N–H and O–H groups in total. The van der Waals surface area contributed by atoms with E-state index >= 15 is 0 Å². The highest BCUT2D eigenvalue weighted by atomic mass is 32.2. The van der Waals surface area contributed by atoms with E-state index in [0.29, 0.717) is 23.6 Å². The summed E-state index contributed by atoms with van der Waals surface area (Å²) in [7, 11) is -2.10. The monoisotopic (exact) mass is 439 g/mol. The van der Waals surface area contributed by atoms with Crippen LogP contribution < -0.4 is 0 Å². The average Bonchev–Trinajstić information content (AvgIpc) is 3.23. The number of hydrogen-bond donors (Lipinski definition) is 0. The number of nitrogens with zero attached hydrogens (tertiary/aromatic N) is 5. The molecule has 0 aliphatic carbocycles.